The second kappa shape index (κ2) is 9.24. The van der Waals surface area contributed by atoms with Crippen LogP contribution in [-0.4, -0.2) is 32.6 Å². The number of benzene rings is 3. The molecule has 27 heavy (non-hydrogen) atoms. The Hall–Kier alpha value is -2.78. The van der Waals surface area contributed by atoms with Crippen LogP contribution in [0.15, 0.2) is 84.9 Å². The minimum Gasteiger partial charge on any atom is -0.497 e. The van der Waals surface area contributed by atoms with E-state index < -0.39 is 0 Å². The molecule has 3 aromatic carbocycles. The Bertz CT molecular complexity index is 818. The van der Waals surface area contributed by atoms with Crippen LogP contribution in [0.1, 0.15) is 17.2 Å². The van der Waals surface area contributed by atoms with Crippen LogP contribution in [0.2, 0.25) is 0 Å². The first-order chi connectivity index (χ1) is 13.2. The summed E-state index contributed by atoms with van der Waals surface area (Å²) >= 11 is 0. The zero-order valence-electron chi connectivity index (χ0n) is 16.4. The van der Waals surface area contributed by atoms with Crippen molar-refractivity contribution in [3.8, 4) is 5.75 Å². The number of hydrogen-bond donors (Lipinski definition) is 0. The molecule has 3 heteroatoms. The number of anilines is 1. The third kappa shape index (κ3) is 5.11. The van der Waals surface area contributed by atoms with Gasteiger partial charge in [-0.25, -0.2) is 0 Å². The topological polar surface area (TPSA) is 15.7 Å². The van der Waals surface area contributed by atoms with Crippen molar-refractivity contribution in [1.82, 2.24) is 4.90 Å². The zero-order chi connectivity index (χ0) is 19.1. The van der Waals surface area contributed by atoms with Gasteiger partial charge in [0, 0.05) is 24.8 Å². The van der Waals surface area contributed by atoms with Crippen LogP contribution in [0.3, 0.4) is 0 Å². The number of hydrogen-bond acceptors (Lipinski definition) is 3. The molecule has 0 aliphatic heterocycles. The van der Waals surface area contributed by atoms with Crippen LogP contribution in [0.5, 0.6) is 5.75 Å². The summed E-state index contributed by atoms with van der Waals surface area (Å²) in [5.41, 5.74) is 3.76. The van der Waals surface area contributed by atoms with Crippen LogP contribution < -0.4 is 9.64 Å². The Balaban J connectivity index is 2.04. The van der Waals surface area contributed by atoms with E-state index in [-0.39, 0.29) is 6.04 Å². The molecule has 3 aromatic rings. The monoisotopic (exact) mass is 360 g/mol. The van der Waals surface area contributed by atoms with Crippen molar-refractivity contribution in [2.75, 3.05) is 32.6 Å². The molecule has 3 nitrogen and oxygen atoms in total. The Kier molecular flexibility index (Phi) is 6.50. The summed E-state index contributed by atoms with van der Waals surface area (Å²) in [6.45, 7) is 1.76. The standard InChI is InChI=1S/C24H28N2O/c1-25(2)19-24(21-13-8-5-9-14-21)26(18-20-11-6-4-7-12-20)22-15-10-16-23(17-22)27-3/h4-17,24H,18-19H2,1-3H3. The number of ether oxygens (including phenoxy) is 1. The first kappa shape index (κ1) is 19.0. The predicted octanol–water partition coefficient (Wildman–Crippen LogP) is 5.00. The summed E-state index contributed by atoms with van der Waals surface area (Å²) in [7, 11) is 5.97. The molecule has 1 atom stereocenters. The lowest BCUT2D eigenvalue weighted by Gasteiger charge is -2.36. The molecule has 0 spiro atoms. The van der Waals surface area contributed by atoms with Gasteiger partial charge in [0.15, 0.2) is 0 Å². The smallest absolute Gasteiger partial charge is 0.120 e. The molecular formula is C24H28N2O. The maximum atomic E-state index is 5.48. The van der Waals surface area contributed by atoms with Crippen LogP contribution in [0, 0.1) is 0 Å². The highest BCUT2D eigenvalue weighted by molar-refractivity contribution is 5.53. The van der Waals surface area contributed by atoms with Gasteiger partial charge < -0.3 is 14.5 Å². The van der Waals surface area contributed by atoms with Crippen molar-refractivity contribution in [1.29, 1.82) is 0 Å². The first-order valence-electron chi connectivity index (χ1n) is 9.31. The molecule has 0 N–H and O–H groups in total. The number of methoxy groups -OCH3 is 1. The fourth-order valence-corrected chi connectivity index (χ4v) is 3.36. The number of likely N-dealkylation sites (N-methyl/N-ethyl adjacent to an activating group) is 1. The molecule has 0 saturated heterocycles. The van der Waals surface area contributed by atoms with Gasteiger partial charge in [0.05, 0.1) is 13.2 Å². The van der Waals surface area contributed by atoms with E-state index in [1.807, 2.05) is 6.07 Å². The fourth-order valence-electron chi connectivity index (χ4n) is 3.36. The molecule has 0 aliphatic carbocycles. The van der Waals surface area contributed by atoms with Crippen molar-refractivity contribution in [2.45, 2.75) is 12.6 Å². The van der Waals surface area contributed by atoms with E-state index >= 15 is 0 Å². The third-order valence-corrected chi connectivity index (χ3v) is 4.68. The molecule has 0 bridgehead atoms. The van der Waals surface area contributed by atoms with Crippen molar-refractivity contribution in [3.63, 3.8) is 0 Å². The van der Waals surface area contributed by atoms with Gasteiger partial charge in [-0.2, -0.15) is 0 Å². The van der Waals surface area contributed by atoms with Gasteiger partial charge >= 0.3 is 0 Å². The molecule has 1 unspecified atom stereocenters. The summed E-state index contributed by atoms with van der Waals surface area (Å²) in [5.74, 6) is 0.877. The van der Waals surface area contributed by atoms with Gasteiger partial charge in [0.1, 0.15) is 5.75 Å². The van der Waals surface area contributed by atoms with Crippen LogP contribution in [0.4, 0.5) is 5.69 Å². The quantitative estimate of drug-likeness (QED) is 0.562. The average Bonchev–Trinajstić information content (AvgIpc) is 2.72. The average molecular weight is 361 g/mol. The molecule has 0 amide bonds. The normalized spacial score (nSPS) is 12.0. The van der Waals surface area contributed by atoms with Crippen molar-refractivity contribution in [3.05, 3.63) is 96.1 Å². The second-order valence-electron chi connectivity index (χ2n) is 7.00. The van der Waals surface area contributed by atoms with Gasteiger partial charge in [-0.15, -0.1) is 0 Å². The highest BCUT2D eigenvalue weighted by Gasteiger charge is 2.22. The SMILES string of the molecule is COc1cccc(N(Cc2ccccc2)C(CN(C)C)c2ccccc2)c1. The Labute approximate surface area is 162 Å². The van der Waals surface area contributed by atoms with Gasteiger partial charge in [0.2, 0.25) is 0 Å². The summed E-state index contributed by atoms with van der Waals surface area (Å²) in [6.07, 6.45) is 0. The largest absolute Gasteiger partial charge is 0.497 e. The van der Waals surface area contributed by atoms with Crippen molar-refractivity contribution < 1.29 is 4.74 Å². The van der Waals surface area contributed by atoms with Gasteiger partial charge in [-0.1, -0.05) is 66.7 Å². The summed E-state index contributed by atoms with van der Waals surface area (Å²) in [5, 5.41) is 0. The zero-order valence-corrected chi connectivity index (χ0v) is 16.4. The van der Waals surface area contributed by atoms with Gasteiger partial charge in [-0.05, 0) is 37.4 Å². The molecule has 0 heterocycles. The van der Waals surface area contributed by atoms with E-state index in [1.165, 1.54) is 11.1 Å². The van der Waals surface area contributed by atoms with Gasteiger partial charge in [0.25, 0.3) is 0 Å². The maximum Gasteiger partial charge on any atom is 0.120 e. The van der Waals surface area contributed by atoms with Crippen molar-refractivity contribution in [2.24, 2.45) is 0 Å². The second-order valence-corrected chi connectivity index (χ2v) is 7.00. The highest BCUT2D eigenvalue weighted by Crippen LogP contribution is 2.31. The molecule has 0 aliphatic rings. The summed E-state index contributed by atoms with van der Waals surface area (Å²) < 4.78 is 5.48. The fraction of sp³-hybridized carbons (Fsp3) is 0.250. The van der Waals surface area contributed by atoms with Crippen molar-refractivity contribution >= 4 is 5.69 Å². The van der Waals surface area contributed by atoms with E-state index in [0.29, 0.717) is 0 Å². The maximum absolute atomic E-state index is 5.48. The molecule has 140 valence electrons. The van der Waals surface area contributed by atoms with Gasteiger partial charge in [-0.3, -0.25) is 0 Å². The first-order valence-corrected chi connectivity index (χ1v) is 9.31. The Morgan fingerprint density at radius 1 is 0.815 bits per heavy atom. The predicted molar refractivity (Wildman–Crippen MR) is 113 cm³/mol. The molecule has 0 fully saturated rings. The summed E-state index contributed by atoms with van der Waals surface area (Å²) in [6, 6.07) is 29.9. The molecular weight excluding hydrogens is 332 g/mol. The number of nitrogens with zero attached hydrogens (tertiary/aromatic N) is 2. The van der Waals surface area contributed by atoms with E-state index in [4.69, 9.17) is 4.74 Å². The minimum atomic E-state index is 0.230. The van der Waals surface area contributed by atoms with Crippen LogP contribution in [-0.2, 0) is 6.54 Å². The highest BCUT2D eigenvalue weighted by atomic mass is 16.5. The van der Waals surface area contributed by atoms with E-state index in [1.54, 1.807) is 7.11 Å². The van der Waals surface area contributed by atoms with Crippen LogP contribution in [0.25, 0.3) is 0 Å². The minimum absolute atomic E-state index is 0.230. The van der Waals surface area contributed by atoms with E-state index in [0.717, 1.165) is 24.5 Å². The van der Waals surface area contributed by atoms with E-state index in [2.05, 4.69) is 103 Å². The molecule has 3 rings (SSSR count). The lowest BCUT2D eigenvalue weighted by atomic mass is 10.0. The number of rotatable bonds is 8. The lowest BCUT2D eigenvalue weighted by Crippen LogP contribution is -2.35. The molecule has 0 radical (unpaired) electrons. The Morgan fingerprint density at radius 3 is 2.11 bits per heavy atom. The van der Waals surface area contributed by atoms with E-state index in [9.17, 15) is 0 Å². The summed E-state index contributed by atoms with van der Waals surface area (Å²) in [4.78, 5) is 4.71. The molecule has 0 aromatic heterocycles. The lowest BCUT2D eigenvalue weighted by molar-refractivity contribution is 0.363. The van der Waals surface area contributed by atoms with Crippen LogP contribution >= 0.6 is 0 Å². The Morgan fingerprint density at radius 2 is 1.48 bits per heavy atom. The third-order valence-electron chi connectivity index (χ3n) is 4.68. The molecule has 0 saturated carbocycles.